The van der Waals surface area contributed by atoms with Crippen LogP contribution < -0.4 is 0 Å². The Morgan fingerprint density at radius 3 is 2.32 bits per heavy atom. The van der Waals surface area contributed by atoms with Crippen molar-refractivity contribution in [2.45, 2.75) is 25.2 Å². The minimum absolute atomic E-state index is 0.998. The predicted molar refractivity (Wildman–Crippen MR) is 127 cm³/mol. The van der Waals surface area contributed by atoms with E-state index in [9.17, 15) is 0 Å². The molecule has 0 amide bonds. The second kappa shape index (κ2) is 10.9. The van der Waals surface area contributed by atoms with Gasteiger partial charge in [-0.05, 0) is 61.1 Å². The lowest BCUT2D eigenvalue weighted by Crippen LogP contribution is -1.93. The molecule has 142 valence electrons. The van der Waals surface area contributed by atoms with Gasteiger partial charge in [-0.3, -0.25) is 0 Å². The van der Waals surface area contributed by atoms with Gasteiger partial charge in [-0.2, -0.15) is 0 Å². The number of hydrogen-bond donors (Lipinski definition) is 0. The van der Waals surface area contributed by atoms with Crippen LogP contribution in [0.3, 0.4) is 0 Å². The summed E-state index contributed by atoms with van der Waals surface area (Å²) in [6.45, 7) is 4.24. The molecule has 0 bridgehead atoms. The zero-order chi connectivity index (χ0) is 19.6. The van der Waals surface area contributed by atoms with E-state index < -0.39 is 0 Å². The Morgan fingerprint density at radius 1 is 0.857 bits per heavy atom. The number of nitrogens with zero attached hydrogens (tertiary/aromatic N) is 1. The molecular weight excluding hydrogens is 378 g/mol. The third-order valence-corrected chi connectivity index (χ3v) is 6.17. The summed E-state index contributed by atoms with van der Waals surface area (Å²) in [6, 6.07) is 27.5. The average molecular weight is 404 g/mol. The molecule has 3 aromatic carbocycles. The maximum absolute atomic E-state index is 4.86. The van der Waals surface area contributed by atoms with Crippen LogP contribution in [0.2, 0.25) is 0 Å². The summed E-state index contributed by atoms with van der Waals surface area (Å²) in [5.74, 6) is 1.01. The van der Waals surface area contributed by atoms with E-state index in [1.165, 1.54) is 21.6 Å². The molecule has 1 nitrogen and oxygen atoms in total. The van der Waals surface area contributed by atoms with Gasteiger partial charge >= 0.3 is 0 Å². The topological polar surface area (TPSA) is 12.4 Å². The molecule has 0 heterocycles. The smallest absolute Gasteiger partial charge is 0.0972 e. The van der Waals surface area contributed by atoms with Gasteiger partial charge in [-0.15, -0.1) is 11.8 Å². The Bertz CT molecular complexity index is 928. The second-order valence-corrected chi connectivity index (χ2v) is 8.62. The first-order chi connectivity index (χ1) is 13.7. The minimum atomic E-state index is 0.998. The van der Waals surface area contributed by atoms with Gasteiger partial charge in [0.25, 0.3) is 0 Å². The highest BCUT2D eigenvalue weighted by Crippen LogP contribution is 2.24. The van der Waals surface area contributed by atoms with Gasteiger partial charge in [-0.1, -0.05) is 78.0 Å². The maximum Gasteiger partial charge on any atom is 0.0972 e. The first-order valence-electron chi connectivity index (χ1n) is 9.41. The Hall–Kier alpha value is -2.23. The standard InChI is InChI=1S/C25H25NS2/c1-20-12-14-23(15-13-20)26-25(28-18-16-22-9-4-3-5-10-22)17-19-27-24-11-7-6-8-21(24)2/h3-15,17,19H,16,18H2,1-2H3. The molecule has 3 aromatic rings. The zero-order valence-corrected chi connectivity index (χ0v) is 18.0. The first kappa shape index (κ1) is 20.5. The van der Waals surface area contributed by atoms with E-state index in [1.807, 2.05) is 0 Å². The Kier molecular flexibility index (Phi) is 8.01. The normalized spacial score (nSPS) is 11.9. The lowest BCUT2D eigenvalue weighted by Gasteiger charge is -2.04. The van der Waals surface area contributed by atoms with Gasteiger partial charge in [0.2, 0.25) is 0 Å². The highest BCUT2D eigenvalue weighted by molar-refractivity contribution is 8.14. The Labute approximate surface area is 177 Å². The van der Waals surface area contributed by atoms with Crippen molar-refractivity contribution in [2.75, 3.05) is 5.75 Å². The molecule has 0 radical (unpaired) electrons. The van der Waals surface area contributed by atoms with Crippen molar-refractivity contribution < 1.29 is 0 Å². The lowest BCUT2D eigenvalue weighted by molar-refractivity contribution is 1.16. The second-order valence-electron chi connectivity index (χ2n) is 6.56. The van der Waals surface area contributed by atoms with Crippen molar-refractivity contribution in [1.82, 2.24) is 0 Å². The van der Waals surface area contributed by atoms with Crippen LogP contribution in [0.1, 0.15) is 16.7 Å². The summed E-state index contributed by atoms with van der Waals surface area (Å²) in [6.07, 6.45) is 3.17. The van der Waals surface area contributed by atoms with Gasteiger partial charge < -0.3 is 0 Å². The molecule has 0 saturated heterocycles. The monoisotopic (exact) mass is 403 g/mol. The quantitative estimate of drug-likeness (QED) is 0.228. The third-order valence-electron chi connectivity index (χ3n) is 4.26. The van der Waals surface area contributed by atoms with Crippen LogP contribution in [0.5, 0.6) is 0 Å². The van der Waals surface area contributed by atoms with Crippen molar-refractivity contribution in [1.29, 1.82) is 0 Å². The Morgan fingerprint density at radius 2 is 1.57 bits per heavy atom. The molecule has 0 spiro atoms. The molecular formula is C25H25NS2. The Balaban J connectivity index is 1.69. The fraction of sp³-hybridized carbons (Fsp3) is 0.160. The number of thioether (sulfide) groups is 2. The summed E-state index contributed by atoms with van der Waals surface area (Å²) in [5, 5.41) is 3.19. The van der Waals surface area contributed by atoms with E-state index >= 15 is 0 Å². The number of hydrogen-bond acceptors (Lipinski definition) is 3. The van der Waals surface area contributed by atoms with Crippen LogP contribution >= 0.6 is 23.5 Å². The van der Waals surface area contributed by atoms with Gasteiger partial charge in [0, 0.05) is 10.6 Å². The van der Waals surface area contributed by atoms with Gasteiger partial charge in [-0.25, -0.2) is 4.99 Å². The molecule has 0 aliphatic heterocycles. The van der Waals surface area contributed by atoms with Gasteiger partial charge in [0.15, 0.2) is 0 Å². The van der Waals surface area contributed by atoms with E-state index in [-0.39, 0.29) is 0 Å². The van der Waals surface area contributed by atoms with Crippen molar-refractivity contribution >= 4 is 34.3 Å². The predicted octanol–water partition coefficient (Wildman–Crippen LogP) is 7.62. The first-order valence-corrected chi connectivity index (χ1v) is 11.3. The summed E-state index contributed by atoms with van der Waals surface area (Å²) in [4.78, 5) is 6.14. The molecule has 0 atom stereocenters. The van der Waals surface area contributed by atoms with Gasteiger partial charge in [0.05, 0.1) is 10.7 Å². The van der Waals surface area contributed by atoms with Crippen molar-refractivity contribution in [2.24, 2.45) is 4.99 Å². The van der Waals surface area contributed by atoms with Crippen molar-refractivity contribution in [3.63, 3.8) is 0 Å². The summed E-state index contributed by atoms with van der Waals surface area (Å²) in [5.41, 5.74) is 4.91. The highest BCUT2D eigenvalue weighted by atomic mass is 32.2. The molecule has 0 aliphatic rings. The molecule has 0 saturated carbocycles. The van der Waals surface area contributed by atoms with Crippen LogP contribution in [0.4, 0.5) is 5.69 Å². The van der Waals surface area contributed by atoms with Crippen molar-refractivity contribution in [3.05, 3.63) is 107 Å². The van der Waals surface area contributed by atoms with E-state index in [4.69, 9.17) is 4.99 Å². The molecule has 3 rings (SSSR count). The van der Waals surface area contributed by atoms with E-state index in [0.29, 0.717) is 0 Å². The van der Waals surface area contributed by atoms with E-state index in [1.54, 1.807) is 23.5 Å². The maximum atomic E-state index is 4.86. The van der Waals surface area contributed by atoms with Gasteiger partial charge in [0.1, 0.15) is 0 Å². The molecule has 28 heavy (non-hydrogen) atoms. The van der Waals surface area contributed by atoms with Crippen LogP contribution in [-0.2, 0) is 6.42 Å². The van der Waals surface area contributed by atoms with E-state index in [2.05, 4.69) is 104 Å². The zero-order valence-electron chi connectivity index (χ0n) is 16.3. The molecule has 0 fully saturated rings. The van der Waals surface area contributed by atoms with Crippen LogP contribution in [0, 0.1) is 13.8 Å². The average Bonchev–Trinajstić information content (AvgIpc) is 2.72. The summed E-state index contributed by atoms with van der Waals surface area (Å²) < 4.78 is 0. The third kappa shape index (κ3) is 6.74. The lowest BCUT2D eigenvalue weighted by atomic mass is 10.2. The fourth-order valence-corrected chi connectivity index (χ4v) is 4.36. The highest BCUT2D eigenvalue weighted by Gasteiger charge is 2.01. The number of benzene rings is 3. The summed E-state index contributed by atoms with van der Waals surface area (Å²) in [7, 11) is 0. The van der Waals surface area contributed by atoms with E-state index in [0.717, 1.165) is 22.9 Å². The fourth-order valence-electron chi connectivity index (χ4n) is 2.64. The molecule has 0 unspecified atom stereocenters. The van der Waals surface area contributed by atoms with Crippen LogP contribution in [0.15, 0.2) is 100 Å². The van der Waals surface area contributed by atoms with Crippen molar-refractivity contribution in [3.8, 4) is 0 Å². The summed E-state index contributed by atoms with van der Waals surface area (Å²) >= 11 is 3.55. The molecule has 3 heteroatoms. The van der Waals surface area contributed by atoms with Crippen LogP contribution in [-0.4, -0.2) is 10.8 Å². The minimum Gasteiger partial charge on any atom is -0.242 e. The largest absolute Gasteiger partial charge is 0.242 e. The SMILES string of the molecule is Cc1ccc(N=C(C=CSc2ccccc2C)SCCc2ccccc2)cc1. The number of rotatable bonds is 7. The molecule has 0 aliphatic carbocycles. The molecule has 0 N–H and O–H groups in total. The van der Waals surface area contributed by atoms with Crippen LogP contribution in [0.25, 0.3) is 0 Å². The number of aliphatic imine (C=N–C) groups is 1. The molecule has 0 aromatic heterocycles. The number of aryl methyl sites for hydroxylation is 3.